The van der Waals surface area contributed by atoms with Crippen LogP contribution in [0.25, 0.3) is 0 Å². The molecule has 0 saturated heterocycles. The molecular formula is C13H11NO2S. The van der Waals surface area contributed by atoms with E-state index in [-0.39, 0.29) is 4.75 Å². The fourth-order valence-electron chi connectivity index (χ4n) is 2.53. The van der Waals surface area contributed by atoms with Gasteiger partial charge in [-0.05, 0) is 36.0 Å². The van der Waals surface area contributed by atoms with Gasteiger partial charge in [-0.25, -0.2) is 4.79 Å². The molecule has 0 bridgehead atoms. The van der Waals surface area contributed by atoms with Crippen molar-refractivity contribution in [3.05, 3.63) is 46.1 Å². The largest absolute Gasteiger partial charge is 0.478 e. The number of carbonyl (C=O) groups is 1. The molecule has 0 fully saturated rings. The van der Waals surface area contributed by atoms with Crippen LogP contribution >= 0.6 is 11.8 Å². The Morgan fingerprint density at radius 2 is 2.41 bits per heavy atom. The van der Waals surface area contributed by atoms with E-state index in [1.54, 1.807) is 23.4 Å². The number of hydrogen-bond donors (Lipinski definition) is 1. The predicted octanol–water partition coefficient (Wildman–Crippen LogP) is 2.69. The minimum atomic E-state index is -0.854. The van der Waals surface area contributed by atoms with E-state index in [0.29, 0.717) is 5.57 Å². The van der Waals surface area contributed by atoms with Gasteiger partial charge in [-0.2, -0.15) is 0 Å². The fourth-order valence-corrected chi connectivity index (χ4v) is 3.89. The SMILES string of the molecule is CC1=C2C(C(=O)O)=CSC23CC=CC=C3N=C1. The second kappa shape index (κ2) is 3.47. The molecule has 1 spiro atoms. The van der Waals surface area contributed by atoms with E-state index in [1.165, 1.54) is 0 Å². The summed E-state index contributed by atoms with van der Waals surface area (Å²) in [6.07, 6.45) is 8.60. The van der Waals surface area contributed by atoms with E-state index in [9.17, 15) is 9.90 Å². The smallest absolute Gasteiger partial charge is 0.336 e. The van der Waals surface area contributed by atoms with Crippen LogP contribution in [0.2, 0.25) is 0 Å². The van der Waals surface area contributed by atoms with E-state index in [2.05, 4.69) is 11.1 Å². The summed E-state index contributed by atoms with van der Waals surface area (Å²) in [6, 6.07) is 0. The van der Waals surface area contributed by atoms with Gasteiger partial charge in [-0.15, -0.1) is 11.8 Å². The van der Waals surface area contributed by atoms with Gasteiger partial charge in [0.25, 0.3) is 0 Å². The molecule has 17 heavy (non-hydrogen) atoms. The minimum Gasteiger partial charge on any atom is -0.478 e. The first-order valence-corrected chi connectivity index (χ1v) is 6.27. The molecule has 0 aromatic heterocycles. The van der Waals surface area contributed by atoms with Gasteiger partial charge < -0.3 is 5.11 Å². The van der Waals surface area contributed by atoms with Crippen LogP contribution in [-0.4, -0.2) is 22.0 Å². The highest BCUT2D eigenvalue weighted by molar-refractivity contribution is 8.04. The summed E-state index contributed by atoms with van der Waals surface area (Å²) < 4.78 is -0.290. The first-order valence-electron chi connectivity index (χ1n) is 5.39. The monoisotopic (exact) mass is 245 g/mol. The Bertz CT molecular complexity index is 566. The number of allylic oxidation sites excluding steroid dienone is 4. The van der Waals surface area contributed by atoms with Crippen molar-refractivity contribution in [1.29, 1.82) is 0 Å². The minimum absolute atomic E-state index is 0.290. The third-order valence-electron chi connectivity index (χ3n) is 3.28. The molecule has 1 N–H and O–H groups in total. The summed E-state index contributed by atoms with van der Waals surface area (Å²) in [7, 11) is 0. The van der Waals surface area contributed by atoms with E-state index >= 15 is 0 Å². The summed E-state index contributed by atoms with van der Waals surface area (Å²) >= 11 is 1.56. The zero-order valence-corrected chi connectivity index (χ0v) is 10.1. The number of nitrogens with zero attached hydrogens (tertiary/aromatic N) is 1. The molecule has 1 unspecified atom stereocenters. The van der Waals surface area contributed by atoms with Gasteiger partial charge >= 0.3 is 5.97 Å². The van der Waals surface area contributed by atoms with Crippen molar-refractivity contribution in [2.75, 3.05) is 0 Å². The van der Waals surface area contributed by atoms with Gasteiger partial charge in [0.05, 0.1) is 16.0 Å². The Morgan fingerprint density at radius 3 is 3.18 bits per heavy atom. The number of rotatable bonds is 1. The van der Waals surface area contributed by atoms with Crippen molar-refractivity contribution in [3.63, 3.8) is 0 Å². The number of carboxylic acids is 1. The van der Waals surface area contributed by atoms with Crippen LogP contribution in [-0.2, 0) is 4.79 Å². The van der Waals surface area contributed by atoms with Crippen LogP contribution in [0.15, 0.2) is 51.0 Å². The second-order valence-electron chi connectivity index (χ2n) is 4.28. The van der Waals surface area contributed by atoms with E-state index in [0.717, 1.165) is 23.3 Å². The third-order valence-corrected chi connectivity index (χ3v) is 4.62. The molecule has 86 valence electrons. The van der Waals surface area contributed by atoms with E-state index in [1.807, 2.05) is 19.1 Å². The topological polar surface area (TPSA) is 49.7 Å². The molecule has 2 heterocycles. The molecule has 0 saturated carbocycles. The lowest BCUT2D eigenvalue weighted by atomic mass is 9.81. The predicted molar refractivity (Wildman–Crippen MR) is 69.1 cm³/mol. The van der Waals surface area contributed by atoms with E-state index < -0.39 is 5.97 Å². The molecule has 1 aliphatic carbocycles. The Morgan fingerprint density at radius 1 is 1.59 bits per heavy atom. The molecule has 1 atom stereocenters. The molecule has 0 amide bonds. The molecule has 3 rings (SSSR count). The molecule has 3 nitrogen and oxygen atoms in total. The van der Waals surface area contributed by atoms with Crippen molar-refractivity contribution in [2.45, 2.75) is 18.1 Å². The highest BCUT2D eigenvalue weighted by atomic mass is 32.2. The van der Waals surface area contributed by atoms with Crippen molar-refractivity contribution < 1.29 is 9.90 Å². The fraction of sp³-hybridized carbons (Fsp3) is 0.231. The average molecular weight is 245 g/mol. The zero-order chi connectivity index (χ0) is 12.0. The first kappa shape index (κ1) is 10.6. The van der Waals surface area contributed by atoms with Gasteiger partial charge in [-0.3, -0.25) is 4.99 Å². The van der Waals surface area contributed by atoms with Crippen LogP contribution in [0.5, 0.6) is 0 Å². The molecule has 4 heteroatoms. The summed E-state index contributed by atoms with van der Waals surface area (Å²) in [4.78, 5) is 15.7. The Labute approximate surface area is 103 Å². The van der Waals surface area contributed by atoms with Crippen LogP contribution in [0.4, 0.5) is 0 Å². The van der Waals surface area contributed by atoms with Crippen LogP contribution < -0.4 is 0 Å². The molecule has 2 aliphatic heterocycles. The number of dihydropyridines is 1. The summed E-state index contributed by atoms with van der Waals surface area (Å²) in [5.41, 5.74) is 3.25. The van der Waals surface area contributed by atoms with Gasteiger partial charge in [0.15, 0.2) is 0 Å². The lowest BCUT2D eigenvalue weighted by molar-refractivity contribution is -0.132. The molecule has 3 aliphatic rings. The Balaban J connectivity index is 2.21. The number of aliphatic imine (C=N–C) groups is 1. The summed E-state index contributed by atoms with van der Waals surface area (Å²) in [5.74, 6) is -0.854. The molecule has 0 aromatic rings. The number of aliphatic carboxylic acids is 1. The van der Waals surface area contributed by atoms with Crippen molar-refractivity contribution >= 4 is 23.9 Å². The maximum Gasteiger partial charge on any atom is 0.336 e. The normalized spacial score (nSPS) is 29.7. The summed E-state index contributed by atoms with van der Waals surface area (Å²) in [6.45, 7) is 1.93. The maximum atomic E-state index is 11.3. The molecule has 0 aromatic carbocycles. The van der Waals surface area contributed by atoms with Gasteiger partial charge in [0.2, 0.25) is 0 Å². The Hall–Kier alpha value is -1.55. The highest BCUT2D eigenvalue weighted by Gasteiger charge is 2.47. The molecule has 0 radical (unpaired) electrons. The second-order valence-corrected chi connectivity index (χ2v) is 5.45. The number of hydrogen-bond acceptors (Lipinski definition) is 3. The quantitative estimate of drug-likeness (QED) is 0.772. The van der Waals surface area contributed by atoms with Crippen LogP contribution in [0, 0.1) is 0 Å². The van der Waals surface area contributed by atoms with Gasteiger partial charge in [0.1, 0.15) is 0 Å². The highest BCUT2D eigenvalue weighted by Crippen LogP contribution is 2.55. The number of thioether (sulfide) groups is 1. The lowest BCUT2D eigenvalue weighted by Gasteiger charge is -2.35. The standard InChI is InChI=1S/C13H11NO2S/c1-8-6-14-10-4-2-3-5-13(10)11(8)9(7-17-13)12(15)16/h2-4,6-7H,5H2,1H3,(H,15,16). The van der Waals surface area contributed by atoms with Crippen LogP contribution in [0.3, 0.4) is 0 Å². The van der Waals surface area contributed by atoms with Crippen molar-refractivity contribution in [2.24, 2.45) is 4.99 Å². The first-order chi connectivity index (χ1) is 8.15. The van der Waals surface area contributed by atoms with E-state index in [4.69, 9.17) is 0 Å². The van der Waals surface area contributed by atoms with Crippen LogP contribution in [0.1, 0.15) is 13.3 Å². The van der Waals surface area contributed by atoms with Gasteiger partial charge in [0, 0.05) is 6.21 Å². The zero-order valence-electron chi connectivity index (χ0n) is 9.30. The third kappa shape index (κ3) is 1.30. The number of carboxylic acid groups (broad SMARTS) is 1. The maximum absolute atomic E-state index is 11.3. The lowest BCUT2D eigenvalue weighted by Crippen LogP contribution is -2.32. The Kier molecular flexibility index (Phi) is 2.16. The van der Waals surface area contributed by atoms with Crippen molar-refractivity contribution in [3.8, 4) is 0 Å². The average Bonchev–Trinajstić information content (AvgIpc) is 2.69. The van der Waals surface area contributed by atoms with Gasteiger partial charge in [-0.1, -0.05) is 12.2 Å². The summed E-state index contributed by atoms with van der Waals surface area (Å²) in [5, 5.41) is 11.0. The van der Waals surface area contributed by atoms with Crippen molar-refractivity contribution in [1.82, 2.24) is 0 Å². The molecular weight excluding hydrogens is 234 g/mol.